The van der Waals surface area contributed by atoms with Crippen LogP contribution in [0.5, 0.6) is 0 Å². The summed E-state index contributed by atoms with van der Waals surface area (Å²) in [7, 11) is 0. The average Bonchev–Trinajstić information content (AvgIpc) is 3.16. The van der Waals surface area contributed by atoms with Gasteiger partial charge in [0.05, 0.1) is 0 Å². The molecule has 2 N–H and O–H groups in total. The highest BCUT2D eigenvalue weighted by Gasteiger charge is 2.21. The molecule has 1 aliphatic heterocycles. The molecule has 2 aromatic rings. The van der Waals surface area contributed by atoms with Crippen molar-refractivity contribution >= 4 is 23.4 Å². The van der Waals surface area contributed by atoms with Crippen LogP contribution in [0.25, 0.3) is 0 Å². The Bertz CT molecular complexity index is 819. The van der Waals surface area contributed by atoms with E-state index in [-0.39, 0.29) is 17.7 Å². The lowest BCUT2D eigenvalue weighted by Gasteiger charge is -2.16. The summed E-state index contributed by atoms with van der Waals surface area (Å²) < 4.78 is 0. The summed E-state index contributed by atoms with van der Waals surface area (Å²) >= 11 is 0. The summed E-state index contributed by atoms with van der Waals surface area (Å²) in [6.45, 7) is 1.68. The van der Waals surface area contributed by atoms with Gasteiger partial charge in [0.1, 0.15) is 0 Å². The van der Waals surface area contributed by atoms with E-state index in [1.54, 1.807) is 17.0 Å². The summed E-state index contributed by atoms with van der Waals surface area (Å²) in [5, 5.41) is 5.70. The summed E-state index contributed by atoms with van der Waals surface area (Å²) in [6, 6.07) is 16.7. The Balaban J connectivity index is 1.34. The molecule has 6 heteroatoms. The molecule has 146 valence electrons. The molecule has 1 fully saturated rings. The highest BCUT2D eigenvalue weighted by molar-refractivity contribution is 5.95. The van der Waals surface area contributed by atoms with Crippen LogP contribution >= 0.6 is 0 Å². The molecule has 1 saturated heterocycles. The predicted molar refractivity (Wildman–Crippen MR) is 108 cm³/mol. The molecule has 0 aliphatic carbocycles. The number of amides is 3. The first-order chi connectivity index (χ1) is 13.6. The van der Waals surface area contributed by atoms with Crippen LogP contribution in [0.1, 0.15) is 41.6 Å². The van der Waals surface area contributed by atoms with E-state index in [9.17, 15) is 14.4 Å². The van der Waals surface area contributed by atoms with Gasteiger partial charge in [-0.05, 0) is 42.7 Å². The van der Waals surface area contributed by atoms with Gasteiger partial charge in [0, 0.05) is 43.7 Å². The quantitative estimate of drug-likeness (QED) is 0.692. The molecule has 0 unspecified atom stereocenters. The van der Waals surface area contributed by atoms with Crippen LogP contribution in [0.3, 0.4) is 0 Å². The van der Waals surface area contributed by atoms with Gasteiger partial charge in [-0.3, -0.25) is 14.4 Å². The molecule has 0 aromatic heterocycles. The molecule has 0 spiro atoms. The van der Waals surface area contributed by atoms with Gasteiger partial charge in [-0.15, -0.1) is 0 Å². The van der Waals surface area contributed by atoms with Crippen molar-refractivity contribution < 1.29 is 14.4 Å². The van der Waals surface area contributed by atoms with Crippen molar-refractivity contribution in [3.8, 4) is 0 Å². The van der Waals surface area contributed by atoms with Crippen LogP contribution in [-0.4, -0.2) is 30.8 Å². The van der Waals surface area contributed by atoms with E-state index in [1.807, 2.05) is 42.5 Å². The Labute approximate surface area is 164 Å². The van der Waals surface area contributed by atoms with Crippen molar-refractivity contribution in [2.45, 2.75) is 32.2 Å². The number of carbonyl (C=O) groups is 3. The third-order valence-electron chi connectivity index (χ3n) is 4.71. The van der Waals surface area contributed by atoms with Gasteiger partial charge in [-0.25, -0.2) is 0 Å². The molecule has 28 heavy (non-hydrogen) atoms. The van der Waals surface area contributed by atoms with Crippen molar-refractivity contribution in [2.75, 3.05) is 18.0 Å². The summed E-state index contributed by atoms with van der Waals surface area (Å²) in [5.41, 5.74) is 2.51. The standard InChI is InChI=1S/C22H25N3O3/c26-20(8-4-14-23-22(28)18-6-2-1-3-7-18)24-16-17-10-12-19(13-11-17)25-15-5-9-21(25)27/h1-3,6-7,10-13H,4-5,8-9,14-16H2,(H,23,28)(H,24,26). The van der Waals surface area contributed by atoms with E-state index in [1.165, 1.54) is 0 Å². The number of benzene rings is 2. The molecular weight excluding hydrogens is 354 g/mol. The predicted octanol–water partition coefficient (Wildman–Crippen LogP) is 2.64. The van der Waals surface area contributed by atoms with Gasteiger partial charge in [-0.1, -0.05) is 30.3 Å². The van der Waals surface area contributed by atoms with Crippen molar-refractivity contribution in [3.63, 3.8) is 0 Å². The van der Waals surface area contributed by atoms with E-state index in [4.69, 9.17) is 0 Å². The number of hydrogen-bond donors (Lipinski definition) is 2. The molecule has 0 atom stereocenters. The van der Waals surface area contributed by atoms with Gasteiger partial charge < -0.3 is 15.5 Å². The van der Waals surface area contributed by atoms with E-state index in [0.717, 1.165) is 24.2 Å². The van der Waals surface area contributed by atoms with Gasteiger partial charge in [-0.2, -0.15) is 0 Å². The maximum absolute atomic E-state index is 12.0. The lowest BCUT2D eigenvalue weighted by atomic mass is 10.2. The van der Waals surface area contributed by atoms with Crippen LogP contribution < -0.4 is 15.5 Å². The van der Waals surface area contributed by atoms with Gasteiger partial charge in [0.2, 0.25) is 11.8 Å². The Kier molecular flexibility index (Phi) is 6.78. The number of carbonyl (C=O) groups excluding carboxylic acids is 3. The van der Waals surface area contributed by atoms with E-state index in [2.05, 4.69) is 10.6 Å². The smallest absolute Gasteiger partial charge is 0.251 e. The van der Waals surface area contributed by atoms with Crippen molar-refractivity contribution in [1.29, 1.82) is 0 Å². The Morgan fingerprint density at radius 1 is 0.964 bits per heavy atom. The first-order valence-corrected chi connectivity index (χ1v) is 9.63. The maximum Gasteiger partial charge on any atom is 0.251 e. The van der Waals surface area contributed by atoms with Crippen LogP contribution in [0.15, 0.2) is 54.6 Å². The molecule has 0 bridgehead atoms. The Morgan fingerprint density at radius 3 is 2.39 bits per heavy atom. The molecule has 0 saturated carbocycles. The van der Waals surface area contributed by atoms with Crippen molar-refractivity contribution in [1.82, 2.24) is 10.6 Å². The second kappa shape index (κ2) is 9.69. The lowest BCUT2D eigenvalue weighted by Crippen LogP contribution is -2.27. The monoisotopic (exact) mass is 379 g/mol. The normalized spacial score (nSPS) is 13.4. The fourth-order valence-corrected chi connectivity index (χ4v) is 3.15. The molecule has 3 rings (SSSR count). The number of hydrogen-bond acceptors (Lipinski definition) is 3. The van der Waals surface area contributed by atoms with Crippen LogP contribution in [0, 0.1) is 0 Å². The minimum absolute atomic E-state index is 0.0484. The summed E-state index contributed by atoms with van der Waals surface area (Å²) in [4.78, 5) is 37.4. The summed E-state index contributed by atoms with van der Waals surface area (Å²) in [5.74, 6) is -0.00857. The third-order valence-corrected chi connectivity index (χ3v) is 4.71. The molecule has 0 radical (unpaired) electrons. The topological polar surface area (TPSA) is 78.5 Å². The average molecular weight is 379 g/mol. The maximum atomic E-state index is 12.0. The molecule has 2 aromatic carbocycles. The first-order valence-electron chi connectivity index (χ1n) is 9.63. The van der Waals surface area contributed by atoms with Crippen LogP contribution in [0.4, 0.5) is 5.69 Å². The third kappa shape index (κ3) is 5.42. The second-order valence-electron chi connectivity index (χ2n) is 6.82. The molecule has 3 amide bonds. The Morgan fingerprint density at radius 2 is 1.71 bits per heavy atom. The van der Waals surface area contributed by atoms with E-state index < -0.39 is 0 Å². The molecule has 1 aliphatic rings. The van der Waals surface area contributed by atoms with Gasteiger partial charge in [0.25, 0.3) is 5.91 Å². The number of rotatable bonds is 8. The minimum atomic E-state index is -0.127. The highest BCUT2D eigenvalue weighted by Crippen LogP contribution is 2.21. The molecular formula is C22H25N3O3. The molecule has 1 heterocycles. The van der Waals surface area contributed by atoms with Gasteiger partial charge >= 0.3 is 0 Å². The largest absolute Gasteiger partial charge is 0.352 e. The van der Waals surface area contributed by atoms with Crippen molar-refractivity contribution in [2.24, 2.45) is 0 Å². The van der Waals surface area contributed by atoms with Gasteiger partial charge in [0.15, 0.2) is 0 Å². The lowest BCUT2D eigenvalue weighted by molar-refractivity contribution is -0.121. The van der Waals surface area contributed by atoms with Crippen molar-refractivity contribution in [3.05, 3.63) is 65.7 Å². The Hall–Kier alpha value is -3.15. The van der Waals surface area contributed by atoms with E-state index >= 15 is 0 Å². The summed E-state index contributed by atoms with van der Waals surface area (Å²) in [6.07, 6.45) is 2.46. The zero-order valence-corrected chi connectivity index (χ0v) is 15.8. The fourth-order valence-electron chi connectivity index (χ4n) is 3.15. The minimum Gasteiger partial charge on any atom is -0.352 e. The van der Waals surface area contributed by atoms with E-state index in [0.29, 0.717) is 37.9 Å². The second-order valence-corrected chi connectivity index (χ2v) is 6.82. The fraction of sp³-hybridized carbons (Fsp3) is 0.318. The van der Waals surface area contributed by atoms with Crippen LogP contribution in [0.2, 0.25) is 0 Å². The number of nitrogens with one attached hydrogen (secondary N) is 2. The zero-order valence-electron chi connectivity index (χ0n) is 15.8. The number of anilines is 1. The SMILES string of the molecule is O=C(CCCNC(=O)c1ccccc1)NCc1ccc(N2CCCC2=O)cc1. The molecule has 6 nitrogen and oxygen atoms in total. The first kappa shape index (κ1) is 19.6. The highest BCUT2D eigenvalue weighted by atomic mass is 16.2. The number of nitrogens with zero attached hydrogens (tertiary/aromatic N) is 1. The van der Waals surface area contributed by atoms with Crippen LogP contribution in [-0.2, 0) is 16.1 Å². The zero-order chi connectivity index (χ0) is 19.8.